The van der Waals surface area contributed by atoms with Crippen LogP contribution >= 0.6 is 0 Å². The number of hydrogen-bond acceptors (Lipinski definition) is 5. The Kier molecular flexibility index (Phi) is 8.65. The maximum Gasteiger partial charge on any atom is 0.330 e. The number of carboxylic acids is 1. The van der Waals surface area contributed by atoms with Crippen molar-refractivity contribution in [2.75, 3.05) is 18.5 Å². The van der Waals surface area contributed by atoms with E-state index in [1.165, 1.54) is 5.56 Å². The number of carboxylic acid groups (broad SMARTS) is 1. The van der Waals surface area contributed by atoms with E-state index >= 15 is 0 Å². The SMILES string of the molecule is CCc1cc(CCc2ccccc2)c(OCCO)c(C(Nc2ccc(C(=N)N)cc2)C(=O)O)c1. The summed E-state index contributed by atoms with van der Waals surface area (Å²) in [6, 6.07) is 19.6. The van der Waals surface area contributed by atoms with Crippen LogP contribution in [0, 0.1) is 5.41 Å². The van der Waals surface area contributed by atoms with Crippen LogP contribution in [-0.2, 0) is 24.1 Å². The maximum absolute atomic E-state index is 12.4. The number of aliphatic hydroxyl groups excluding tert-OH is 1. The lowest BCUT2D eigenvalue weighted by molar-refractivity contribution is -0.138. The van der Waals surface area contributed by atoms with Crippen LogP contribution < -0.4 is 15.8 Å². The van der Waals surface area contributed by atoms with Crippen LogP contribution in [0.5, 0.6) is 5.75 Å². The summed E-state index contributed by atoms with van der Waals surface area (Å²) in [5.41, 5.74) is 10.3. The summed E-state index contributed by atoms with van der Waals surface area (Å²) < 4.78 is 5.93. The van der Waals surface area contributed by atoms with Gasteiger partial charge in [0.15, 0.2) is 6.04 Å². The van der Waals surface area contributed by atoms with Gasteiger partial charge in [0.1, 0.15) is 18.2 Å². The van der Waals surface area contributed by atoms with E-state index in [0.717, 1.165) is 24.0 Å². The number of carbonyl (C=O) groups is 1. The summed E-state index contributed by atoms with van der Waals surface area (Å²) in [6.07, 6.45) is 2.19. The van der Waals surface area contributed by atoms with E-state index in [1.54, 1.807) is 24.3 Å². The molecule has 3 rings (SSSR count). The zero-order chi connectivity index (χ0) is 24.5. The lowest BCUT2D eigenvalue weighted by Gasteiger charge is -2.23. The first kappa shape index (κ1) is 24.8. The van der Waals surface area contributed by atoms with Crippen molar-refractivity contribution < 1.29 is 19.7 Å². The van der Waals surface area contributed by atoms with Crippen LogP contribution in [-0.4, -0.2) is 35.2 Å². The van der Waals surface area contributed by atoms with Crippen molar-refractivity contribution in [3.05, 3.63) is 94.5 Å². The summed E-state index contributed by atoms with van der Waals surface area (Å²) in [4.78, 5) is 12.4. The van der Waals surface area contributed by atoms with Gasteiger partial charge in [-0.2, -0.15) is 0 Å². The van der Waals surface area contributed by atoms with Gasteiger partial charge in [0.2, 0.25) is 0 Å². The molecule has 0 fully saturated rings. The minimum absolute atomic E-state index is 0.0558. The number of aliphatic carboxylic acids is 1. The third-order valence-electron chi connectivity index (χ3n) is 5.59. The Morgan fingerprint density at radius 2 is 1.76 bits per heavy atom. The molecule has 0 heterocycles. The van der Waals surface area contributed by atoms with Gasteiger partial charge in [-0.25, -0.2) is 4.79 Å². The summed E-state index contributed by atoms with van der Waals surface area (Å²) in [5, 5.41) is 30.1. The van der Waals surface area contributed by atoms with Crippen LogP contribution in [0.2, 0.25) is 0 Å². The number of aryl methyl sites for hydroxylation is 3. The highest BCUT2D eigenvalue weighted by Crippen LogP contribution is 2.34. The third kappa shape index (κ3) is 6.36. The molecule has 0 aliphatic heterocycles. The summed E-state index contributed by atoms with van der Waals surface area (Å²) in [6.45, 7) is 1.92. The molecule has 0 radical (unpaired) electrons. The molecule has 3 aromatic rings. The molecule has 0 aliphatic rings. The Labute approximate surface area is 199 Å². The first-order valence-electron chi connectivity index (χ1n) is 11.3. The molecule has 0 saturated heterocycles. The van der Waals surface area contributed by atoms with Gasteiger partial charge in [-0.15, -0.1) is 0 Å². The van der Waals surface area contributed by atoms with E-state index in [2.05, 4.69) is 23.5 Å². The van der Waals surface area contributed by atoms with Gasteiger partial charge in [0.05, 0.1) is 6.61 Å². The van der Waals surface area contributed by atoms with Gasteiger partial charge in [-0.05, 0) is 66.3 Å². The van der Waals surface area contributed by atoms with E-state index in [9.17, 15) is 15.0 Å². The molecule has 6 N–H and O–H groups in total. The lowest BCUT2D eigenvalue weighted by Crippen LogP contribution is -2.23. The monoisotopic (exact) mass is 461 g/mol. The number of amidine groups is 1. The Morgan fingerprint density at radius 3 is 2.35 bits per heavy atom. The predicted octanol–water partition coefficient (Wildman–Crippen LogP) is 3.93. The second-order valence-electron chi connectivity index (χ2n) is 7.99. The molecular weight excluding hydrogens is 430 g/mol. The first-order valence-corrected chi connectivity index (χ1v) is 11.3. The summed E-state index contributed by atoms with van der Waals surface area (Å²) in [7, 11) is 0. The molecule has 0 bridgehead atoms. The average molecular weight is 462 g/mol. The summed E-state index contributed by atoms with van der Waals surface area (Å²) >= 11 is 0. The van der Waals surface area contributed by atoms with Crippen molar-refractivity contribution in [3.63, 3.8) is 0 Å². The highest BCUT2D eigenvalue weighted by atomic mass is 16.5. The topological polar surface area (TPSA) is 129 Å². The van der Waals surface area contributed by atoms with Crippen molar-refractivity contribution in [1.82, 2.24) is 0 Å². The van der Waals surface area contributed by atoms with E-state index < -0.39 is 12.0 Å². The molecule has 0 aliphatic carbocycles. The molecule has 0 saturated carbocycles. The normalized spacial score (nSPS) is 11.6. The lowest BCUT2D eigenvalue weighted by atomic mass is 9.94. The maximum atomic E-state index is 12.4. The Morgan fingerprint density at radius 1 is 1.06 bits per heavy atom. The Balaban J connectivity index is 2.00. The van der Waals surface area contributed by atoms with E-state index in [1.807, 2.05) is 31.2 Å². The zero-order valence-electron chi connectivity index (χ0n) is 19.3. The third-order valence-corrected chi connectivity index (χ3v) is 5.59. The number of aliphatic hydroxyl groups is 1. The standard InChI is InChI=1S/C27H31N3O4/c1-2-18-16-21(9-8-19-6-4-3-5-7-19)25(34-15-14-31)23(17-18)24(27(32)33)30-22-12-10-20(11-13-22)26(28)29/h3-7,10-13,16-17,24,30-31H,2,8-9,14-15H2,1H3,(H3,28,29)(H,32,33). The molecule has 7 heteroatoms. The molecule has 34 heavy (non-hydrogen) atoms. The minimum Gasteiger partial charge on any atom is -0.491 e. The van der Waals surface area contributed by atoms with Crippen LogP contribution in [0.15, 0.2) is 66.7 Å². The largest absolute Gasteiger partial charge is 0.491 e. The van der Waals surface area contributed by atoms with Gasteiger partial charge in [0.25, 0.3) is 0 Å². The molecule has 1 atom stereocenters. The predicted molar refractivity (Wildman–Crippen MR) is 134 cm³/mol. The minimum atomic E-state index is -1.07. The number of anilines is 1. The number of rotatable bonds is 12. The number of benzene rings is 3. The fourth-order valence-corrected chi connectivity index (χ4v) is 3.82. The van der Waals surface area contributed by atoms with Crippen LogP contribution in [0.3, 0.4) is 0 Å². The van der Waals surface area contributed by atoms with Gasteiger partial charge >= 0.3 is 5.97 Å². The molecular formula is C27H31N3O4. The molecule has 7 nitrogen and oxygen atoms in total. The average Bonchev–Trinajstić information content (AvgIpc) is 2.85. The highest BCUT2D eigenvalue weighted by molar-refractivity contribution is 5.95. The van der Waals surface area contributed by atoms with Crippen LogP contribution in [0.25, 0.3) is 0 Å². The number of nitrogen functional groups attached to an aromatic ring is 1. The fraction of sp³-hybridized carbons (Fsp3) is 0.259. The number of nitrogens with two attached hydrogens (primary N) is 1. The van der Waals surface area contributed by atoms with E-state index in [0.29, 0.717) is 29.0 Å². The second-order valence-corrected chi connectivity index (χ2v) is 7.99. The molecule has 0 amide bonds. The van der Waals surface area contributed by atoms with Gasteiger partial charge in [0, 0.05) is 16.8 Å². The molecule has 1 unspecified atom stereocenters. The molecule has 0 aromatic heterocycles. The van der Waals surface area contributed by atoms with Gasteiger partial charge < -0.3 is 26.0 Å². The molecule has 0 spiro atoms. The highest BCUT2D eigenvalue weighted by Gasteiger charge is 2.26. The first-order chi connectivity index (χ1) is 16.4. The smallest absolute Gasteiger partial charge is 0.330 e. The van der Waals surface area contributed by atoms with Crippen LogP contribution in [0.1, 0.15) is 40.8 Å². The van der Waals surface area contributed by atoms with E-state index in [4.69, 9.17) is 15.9 Å². The van der Waals surface area contributed by atoms with Crippen molar-refractivity contribution in [3.8, 4) is 5.75 Å². The summed E-state index contributed by atoms with van der Waals surface area (Å²) in [5.74, 6) is -0.617. The van der Waals surface area contributed by atoms with Crippen molar-refractivity contribution >= 4 is 17.5 Å². The fourth-order valence-electron chi connectivity index (χ4n) is 3.82. The Hall–Kier alpha value is -3.84. The molecule has 178 valence electrons. The number of nitrogens with one attached hydrogen (secondary N) is 2. The second kappa shape index (κ2) is 11.9. The van der Waals surface area contributed by atoms with Gasteiger partial charge in [-0.1, -0.05) is 43.3 Å². The molecule has 3 aromatic carbocycles. The van der Waals surface area contributed by atoms with Crippen LogP contribution in [0.4, 0.5) is 5.69 Å². The Bertz CT molecular complexity index is 1110. The van der Waals surface area contributed by atoms with E-state index in [-0.39, 0.29) is 19.0 Å². The number of hydrogen-bond donors (Lipinski definition) is 5. The van der Waals surface area contributed by atoms with Crippen molar-refractivity contribution in [1.29, 1.82) is 5.41 Å². The number of ether oxygens (including phenoxy) is 1. The van der Waals surface area contributed by atoms with Crippen molar-refractivity contribution in [2.24, 2.45) is 5.73 Å². The zero-order valence-corrected chi connectivity index (χ0v) is 19.3. The van der Waals surface area contributed by atoms with Gasteiger partial charge in [-0.3, -0.25) is 5.41 Å². The van der Waals surface area contributed by atoms with Crippen molar-refractivity contribution in [2.45, 2.75) is 32.2 Å². The quantitative estimate of drug-likeness (QED) is 0.205.